The molecule has 0 saturated carbocycles. The second-order valence-electron chi connectivity index (χ2n) is 2.55. The molecule has 0 bridgehead atoms. The van der Waals surface area contributed by atoms with Gasteiger partial charge >= 0.3 is 0 Å². The molecular weight excluding hydrogens is 180 g/mol. The highest BCUT2D eigenvalue weighted by atomic mass is 15.4. The van der Waals surface area contributed by atoms with Crippen LogP contribution in [0.4, 0.5) is 5.82 Å². The molecule has 0 spiro atoms. The van der Waals surface area contributed by atoms with Crippen LogP contribution < -0.4 is 5.73 Å². The van der Waals surface area contributed by atoms with Crippen molar-refractivity contribution >= 4 is 5.82 Å². The molecule has 0 amide bonds. The van der Waals surface area contributed by atoms with Gasteiger partial charge in [0.15, 0.2) is 5.82 Å². The second kappa shape index (κ2) is 3.14. The molecule has 0 aliphatic rings. The Labute approximate surface area is 79.6 Å². The number of nitrogens with two attached hydrogens (primary N) is 1. The first kappa shape index (κ1) is 8.19. The predicted octanol–water partition coefficient (Wildman–Crippen LogP) is 0.116. The molecule has 0 radical (unpaired) electrons. The van der Waals surface area contributed by atoms with Crippen molar-refractivity contribution in [3.63, 3.8) is 0 Å². The number of rotatable bonds is 1. The van der Waals surface area contributed by atoms with Crippen LogP contribution in [0.1, 0.15) is 5.56 Å². The van der Waals surface area contributed by atoms with Gasteiger partial charge in [0.2, 0.25) is 0 Å². The summed E-state index contributed by atoms with van der Waals surface area (Å²) in [6.45, 7) is 0. The lowest BCUT2D eigenvalue weighted by molar-refractivity contribution is 0.823. The minimum Gasteiger partial charge on any atom is -0.382 e. The molecule has 0 aliphatic carbocycles. The van der Waals surface area contributed by atoms with Gasteiger partial charge in [0.05, 0.1) is 6.20 Å². The highest BCUT2D eigenvalue weighted by Gasteiger charge is 2.08. The molecule has 6 nitrogen and oxygen atoms in total. The van der Waals surface area contributed by atoms with Gasteiger partial charge in [0.1, 0.15) is 17.5 Å². The fourth-order valence-corrected chi connectivity index (χ4v) is 1.03. The van der Waals surface area contributed by atoms with E-state index in [-0.39, 0.29) is 5.82 Å². The zero-order chi connectivity index (χ0) is 9.97. The first-order valence-electron chi connectivity index (χ1n) is 3.84. The normalized spacial score (nSPS) is 9.64. The summed E-state index contributed by atoms with van der Waals surface area (Å²) in [7, 11) is 0. The van der Waals surface area contributed by atoms with E-state index in [0.717, 1.165) is 0 Å². The van der Waals surface area contributed by atoms with Gasteiger partial charge in [-0.3, -0.25) is 0 Å². The molecule has 0 aliphatic heterocycles. The van der Waals surface area contributed by atoms with Gasteiger partial charge < -0.3 is 5.73 Å². The van der Waals surface area contributed by atoms with E-state index in [1.54, 1.807) is 18.3 Å². The van der Waals surface area contributed by atoms with Gasteiger partial charge in [0, 0.05) is 6.20 Å². The Kier molecular flexibility index (Phi) is 1.84. The minimum atomic E-state index is 0.271. The van der Waals surface area contributed by atoms with Crippen LogP contribution >= 0.6 is 0 Å². The summed E-state index contributed by atoms with van der Waals surface area (Å²) in [5, 5.41) is 20.1. The van der Waals surface area contributed by atoms with E-state index in [1.165, 1.54) is 10.9 Å². The fraction of sp³-hybridized carbons (Fsp3) is 0. The van der Waals surface area contributed by atoms with Crippen LogP contribution in [0.25, 0.3) is 5.82 Å². The van der Waals surface area contributed by atoms with Crippen LogP contribution in [0.5, 0.6) is 0 Å². The molecule has 2 aromatic heterocycles. The molecule has 6 heteroatoms. The third-order valence-electron chi connectivity index (χ3n) is 1.70. The van der Waals surface area contributed by atoms with Crippen LogP contribution in [0.3, 0.4) is 0 Å². The first-order valence-corrected chi connectivity index (χ1v) is 3.84. The first-order chi connectivity index (χ1) is 6.83. The third kappa shape index (κ3) is 1.17. The SMILES string of the molecule is N#Cc1cnn(-c2cccnn2)c1N. The summed E-state index contributed by atoms with van der Waals surface area (Å²) in [6.07, 6.45) is 2.94. The van der Waals surface area contributed by atoms with Crippen LogP contribution in [0, 0.1) is 11.3 Å². The Morgan fingerprint density at radius 3 is 2.93 bits per heavy atom. The van der Waals surface area contributed by atoms with E-state index >= 15 is 0 Å². The Hall–Kier alpha value is -2.42. The average Bonchev–Trinajstić information content (AvgIpc) is 2.61. The fourth-order valence-electron chi connectivity index (χ4n) is 1.03. The van der Waals surface area contributed by atoms with Crippen molar-refractivity contribution in [3.05, 3.63) is 30.1 Å². The minimum absolute atomic E-state index is 0.271. The van der Waals surface area contributed by atoms with Crippen LogP contribution in [0.2, 0.25) is 0 Å². The lowest BCUT2D eigenvalue weighted by Gasteiger charge is -1.99. The standard InChI is InChI=1S/C8H6N6/c9-4-6-5-12-14(8(6)10)7-2-1-3-11-13-7/h1-3,5H,10H2. The van der Waals surface area contributed by atoms with E-state index in [4.69, 9.17) is 11.0 Å². The van der Waals surface area contributed by atoms with Gasteiger partial charge in [-0.05, 0) is 12.1 Å². The molecule has 2 N–H and O–H groups in total. The van der Waals surface area contributed by atoms with Crippen molar-refractivity contribution < 1.29 is 0 Å². The Morgan fingerprint density at radius 1 is 1.50 bits per heavy atom. The third-order valence-corrected chi connectivity index (χ3v) is 1.70. The quantitative estimate of drug-likeness (QED) is 0.682. The number of nitriles is 1. The molecule has 0 saturated heterocycles. The predicted molar refractivity (Wildman–Crippen MR) is 48.3 cm³/mol. The van der Waals surface area contributed by atoms with Crippen molar-refractivity contribution in [2.24, 2.45) is 0 Å². The molecule has 0 unspecified atom stereocenters. The number of hydrogen-bond acceptors (Lipinski definition) is 5. The summed E-state index contributed by atoms with van der Waals surface area (Å²) in [6, 6.07) is 5.35. The zero-order valence-corrected chi connectivity index (χ0v) is 7.12. The lowest BCUT2D eigenvalue weighted by atomic mass is 10.4. The molecule has 2 heterocycles. The zero-order valence-electron chi connectivity index (χ0n) is 7.12. The monoisotopic (exact) mass is 186 g/mol. The summed E-state index contributed by atoms with van der Waals surface area (Å²) in [5.74, 6) is 0.763. The Balaban J connectivity index is 2.54. The highest BCUT2D eigenvalue weighted by molar-refractivity contribution is 5.50. The molecule has 0 aromatic carbocycles. The summed E-state index contributed by atoms with van der Waals surface area (Å²) < 4.78 is 1.37. The maximum atomic E-state index is 8.66. The second-order valence-corrected chi connectivity index (χ2v) is 2.55. The van der Waals surface area contributed by atoms with Crippen molar-refractivity contribution in [3.8, 4) is 11.9 Å². The van der Waals surface area contributed by atoms with E-state index in [0.29, 0.717) is 11.4 Å². The highest BCUT2D eigenvalue weighted by Crippen LogP contribution is 2.12. The van der Waals surface area contributed by atoms with Crippen molar-refractivity contribution in [1.29, 1.82) is 5.26 Å². The number of nitrogens with zero attached hydrogens (tertiary/aromatic N) is 5. The molecule has 2 aromatic rings. The molecule has 2 rings (SSSR count). The summed E-state index contributed by atoms with van der Waals surface area (Å²) in [5.41, 5.74) is 5.99. The lowest BCUT2D eigenvalue weighted by Crippen LogP contribution is -2.04. The topological polar surface area (TPSA) is 93.4 Å². The number of nitrogen functional groups attached to an aromatic ring is 1. The maximum absolute atomic E-state index is 8.66. The molecular formula is C8H6N6. The van der Waals surface area contributed by atoms with Gasteiger partial charge in [-0.15, -0.1) is 5.10 Å². The summed E-state index contributed by atoms with van der Waals surface area (Å²) >= 11 is 0. The van der Waals surface area contributed by atoms with Crippen LogP contribution in [-0.4, -0.2) is 20.0 Å². The van der Waals surface area contributed by atoms with Crippen LogP contribution in [-0.2, 0) is 0 Å². The maximum Gasteiger partial charge on any atom is 0.178 e. The summed E-state index contributed by atoms with van der Waals surface area (Å²) in [4.78, 5) is 0. The molecule has 14 heavy (non-hydrogen) atoms. The smallest absolute Gasteiger partial charge is 0.178 e. The number of hydrogen-bond donors (Lipinski definition) is 1. The van der Waals surface area contributed by atoms with Gasteiger partial charge in [-0.25, -0.2) is 0 Å². The van der Waals surface area contributed by atoms with E-state index in [9.17, 15) is 0 Å². The average molecular weight is 186 g/mol. The van der Waals surface area contributed by atoms with Crippen LogP contribution in [0.15, 0.2) is 24.5 Å². The van der Waals surface area contributed by atoms with E-state index < -0.39 is 0 Å². The molecule has 0 fully saturated rings. The molecule has 0 atom stereocenters. The van der Waals surface area contributed by atoms with Crippen molar-refractivity contribution in [2.75, 3.05) is 5.73 Å². The number of aromatic nitrogens is 4. The molecule has 68 valence electrons. The van der Waals surface area contributed by atoms with Crippen molar-refractivity contribution in [2.45, 2.75) is 0 Å². The number of anilines is 1. The largest absolute Gasteiger partial charge is 0.382 e. The Bertz CT molecular complexity index is 480. The van der Waals surface area contributed by atoms with E-state index in [1.807, 2.05) is 6.07 Å². The van der Waals surface area contributed by atoms with Gasteiger partial charge in [-0.2, -0.15) is 20.1 Å². The van der Waals surface area contributed by atoms with Gasteiger partial charge in [0.25, 0.3) is 0 Å². The van der Waals surface area contributed by atoms with Crippen molar-refractivity contribution in [1.82, 2.24) is 20.0 Å². The van der Waals surface area contributed by atoms with E-state index in [2.05, 4.69) is 15.3 Å². The Morgan fingerprint density at radius 2 is 2.36 bits per heavy atom. The van der Waals surface area contributed by atoms with Gasteiger partial charge in [-0.1, -0.05) is 0 Å².